The largest absolute Gasteiger partial charge is 0.502 e. The molecule has 2 heterocycles. The lowest BCUT2D eigenvalue weighted by Gasteiger charge is -2.27. The summed E-state index contributed by atoms with van der Waals surface area (Å²) < 4.78 is 42.8. The van der Waals surface area contributed by atoms with Crippen LogP contribution in [-0.4, -0.2) is 44.2 Å². The summed E-state index contributed by atoms with van der Waals surface area (Å²) in [4.78, 5) is 26.0. The van der Waals surface area contributed by atoms with Crippen LogP contribution in [0.5, 0.6) is 11.5 Å². The minimum Gasteiger partial charge on any atom is -0.502 e. The van der Waals surface area contributed by atoms with Crippen LogP contribution >= 0.6 is 0 Å². The number of sulfone groups is 1. The first-order chi connectivity index (χ1) is 17.3. The summed E-state index contributed by atoms with van der Waals surface area (Å²) >= 11 is 0. The van der Waals surface area contributed by atoms with Gasteiger partial charge in [0.2, 0.25) is 16.6 Å². The Labute approximate surface area is 207 Å². The molecule has 0 radical (unpaired) electrons. The van der Waals surface area contributed by atoms with Crippen molar-refractivity contribution < 1.29 is 37.3 Å². The number of rotatable bonds is 6. The molecule has 0 aromatic heterocycles. The summed E-state index contributed by atoms with van der Waals surface area (Å²) in [5.74, 6) is -1.16. The molecule has 184 valence electrons. The van der Waals surface area contributed by atoms with Crippen molar-refractivity contribution in [3.8, 4) is 11.5 Å². The first-order valence-electron chi connectivity index (χ1n) is 10.9. The van der Waals surface area contributed by atoms with E-state index < -0.39 is 38.4 Å². The van der Waals surface area contributed by atoms with Crippen molar-refractivity contribution in [3.05, 3.63) is 100 Å². The molecule has 1 atom stereocenters. The summed E-state index contributed by atoms with van der Waals surface area (Å²) in [7, 11) is -3.00. The average molecular weight is 508 g/mol. The molecule has 9 nitrogen and oxygen atoms in total. The van der Waals surface area contributed by atoms with E-state index in [0.29, 0.717) is 22.6 Å². The topological polar surface area (TPSA) is 119 Å². The average Bonchev–Trinajstić information content (AvgIpc) is 3.47. The highest BCUT2D eigenvalue weighted by atomic mass is 32.2. The van der Waals surface area contributed by atoms with E-state index in [1.807, 2.05) is 0 Å². The fourth-order valence-electron chi connectivity index (χ4n) is 4.28. The molecule has 0 spiro atoms. The van der Waals surface area contributed by atoms with Gasteiger partial charge in [0, 0.05) is 6.54 Å². The Kier molecular flexibility index (Phi) is 5.89. The van der Waals surface area contributed by atoms with E-state index in [2.05, 4.69) is 0 Å². The number of aliphatic hydroxyl groups excluding tert-OH is 1. The van der Waals surface area contributed by atoms with Crippen LogP contribution in [0.4, 0.5) is 0 Å². The monoisotopic (exact) mass is 507 g/mol. The number of carbonyl (C=O) groups excluding carboxylic acids is 2. The molecule has 0 aliphatic carbocycles. The van der Waals surface area contributed by atoms with E-state index in [1.54, 1.807) is 36.4 Å². The second-order valence-corrected chi connectivity index (χ2v) is 10.1. The van der Waals surface area contributed by atoms with Crippen molar-refractivity contribution in [1.29, 1.82) is 0 Å². The summed E-state index contributed by atoms with van der Waals surface area (Å²) in [6.45, 7) is 0.0647. The Bertz CT molecular complexity index is 1480. The van der Waals surface area contributed by atoms with Gasteiger partial charge in [-0.1, -0.05) is 36.4 Å². The molecule has 0 saturated carbocycles. The van der Waals surface area contributed by atoms with Gasteiger partial charge in [-0.2, -0.15) is 0 Å². The number of nitrogens with zero attached hydrogens (tertiary/aromatic N) is 1. The van der Waals surface area contributed by atoms with Crippen molar-refractivity contribution in [2.45, 2.75) is 17.5 Å². The Morgan fingerprint density at radius 1 is 1.03 bits per heavy atom. The minimum atomic E-state index is -4.25. The van der Waals surface area contributed by atoms with Crippen LogP contribution in [0.25, 0.3) is 0 Å². The zero-order chi connectivity index (χ0) is 25.4. The van der Waals surface area contributed by atoms with Gasteiger partial charge in [0.05, 0.1) is 23.6 Å². The highest BCUT2D eigenvalue weighted by Gasteiger charge is 2.47. The van der Waals surface area contributed by atoms with Crippen molar-refractivity contribution >= 4 is 21.7 Å². The van der Waals surface area contributed by atoms with Crippen LogP contribution in [-0.2, 0) is 25.9 Å². The zero-order valence-corrected chi connectivity index (χ0v) is 19.9. The predicted octanol–water partition coefficient (Wildman–Crippen LogP) is 3.53. The second kappa shape index (κ2) is 9.04. The number of fused-ring (bicyclic) bond motifs is 1. The van der Waals surface area contributed by atoms with Gasteiger partial charge in [-0.25, -0.2) is 13.2 Å². The van der Waals surface area contributed by atoms with E-state index >= 15 is 0 Å². The third-order valence-electron chi connectivity index (χ3n) is 6.04. The quantitative estimate of drug-likeness (QED) is 0.504. The molecule has 5 rings (SSSR count). The van der Waals surface area contributed by atoms with E-state index in [0.717, 1.165) is 0 Å². The first-order valence-corrected chi connectivity index (χ1v) is 12.4. The molecular weight excluding hydrogens is 486 g/mol. The van der Waals surface area contributed by atoms with Crippen LogP contribution in [0.15, 0.2) is 88.4 Å². The smallest absolute Gasteiger partial charge is 0.337 e. The molecule has 0 fully saturated rings. The second-order valence-electron chi connectivity index (χ2n) is 8.17. The van der Waals surface area contributed by atoms with Gasteiger partial charge in [0.25, 0.3) is 5.91 Å². The van der Waals surface area contributed by atoms with E-state index in [-0.39, 0.29) is 23.8 Å². The lowest BCUT2D eigenvalue weighted by molar-refractivity contribution is -0.130. The minimum absolute atomic E-state index is 0.0171. The normalized spacial score (nSPS) is 17.0. The van der Waals surface area contributed by atoms with Crippen molar-refractivity contribution in [1.82, 2.24) is 4.90 Å². The van der Waals surface area contributed by atoms with Gasteiger partial charge in [-0.05, 0) is 47.5 Å². The lowest BCUT2D eigenvalue weighted by atomic mass is 10.0. The molecule has 3 aromatic carbocycles. The van der Waals surface area contributed by atoms with Crippen molar-refractivity contribution in [2.75, 3.05) is 13.9 Å². The molecule has 0 bridgehead atoms. The third kappa shape index (κ3) is 3.95. The molecule has 36 heavy (non-hydrogen) atoms. The molecule has 10 heteroatoms. The molecule has 1 amide bonds. The summed E-state index contributed by atoms with van der Waals surface area (Å²) in [5.41, 5.74) is 1.30. The molecule has 2 aliphatic heterocycles. The SMILES string of the molecule is COC(=O)c1ccc(C2C(S(=O)(=O)c3ccccc3)=C(O)C(=O)N2Cc2ccc3c(c2)OCO3)cc1. The van der Waals surface area contributed by atoms with Crippen molar-refractivity contribution in [3.63, 3.8) is 0 Å². The highest BCUT2D eigenvalue weighted by molar-refractivity contribution is 7.95. The number of esters is 1. The fourth-order valence-corrected chi connectivity index (χ4v) is 5.95. The fraction of sp³-hybridized carbons (Fsp3) is 0.154. The van der Waals surface area contributed by atoms with Gasteiger partial charge >= 0.3 is 5.97 Å². The standard InChI is InChI=1S/C26H21NO8S/c1-33-26(30)18-10-8-17(9-11-18)22-24(36(31,32)19-5-3-2-4-6-19)23(28)25(29)27(22)14-16-7-12-20-21(13-16)35-15-34-20/h2-13,22,28H,14-15H2,1H3. The third-order valence-corrected chi connectivity index (χ3v) is 7.93. The Morgan fingerprint density at radius 3 is 2.42 bits per heavy atom. The lowest BCUT2D eigenvalue weighted by Crippen LogP contribution is -2.30. The van der Waals surface area contributed by atoms with E-state index in [1.165, 1.54) is 48.4 Å². The maximum absolute atomic E-state index is 13.6. The van der Waals surface area contributed by atoms with Gasteiger partial charge in [0.15, 0.2) is 17.3 Å². The van der Waals surface area contributed by atoms with E-state index in [4.69, 9.17) is 14.2 Å². The van der Waals surface area contributed by atoms with Crippen LogP contribution in [0.2, 0.25) is 0 Å². The highest BCUT2D eigenvalue weighted by Crippen LogP contribution is 2.44. The molecule has 1 N–H and O–H groups in total. The van der Waals surface area contributed by atoms with Crippen LogP contribution in [0.1, 0.15) is 27.5 Å². The predicted molar refractivity (Wildman–Crippen MR) is 127 cm³/mol. The van der Waals surface area contributed by atoms with Gasteiger partial charge in [0.1, 0.15) is 4.91 Å². The summed E-state index contributed by atoms with van der Waals surface area (Å²) in [5, 5.41) is 10.9. The Morgan fingerprint density at radius 2 is 1.72 bits per heavy atom. The Hall–Kier alpha value is -4.31. The number of hydrogen-bond donors (Lipinski definition) is 1. The summed E-state index contributed by atoms with van der Waals surface area (Å²) in [6, 6.07) is 17.6. The van der Waals surface area contributed by atoms with E-state index in [9.17, 15) is 23.1 Å². The number of ether oxygens (including phenoxy) is 3. The maximum Gasteiger partial charge on any atom is 0.337 e. The molecule has 1 unspecified atom stereocenters. The first kappa shape index (κ1) is 23.4. The van der Waals surface area contributed by atoms with Gasteiger partial charge < -0.3 is 24.2 Å². The van der Waals surface area contributed by atoms with Gasteiger partial charge in [-0.15, -0.1) is 0 Å². The number of carbonyl (C=O) groups is 2. The van der Waals surface area contributed by atoms with Crippen LogP contribution in [0, 0.1) is 0 Å². The molecule has 0 saturated heterocycles. The van der Waals surface area contributed by atoms with Crippen LogP contribution < -0.4 is 9.47 Å². The molecule has 3 aromatic rings. The number of aliphatic hydroxyl groups is 1. The van der Waals surface area contributed by atoms with Gasteiger partial charge in [-0.3, -0.25) is 4.79 Å². The van der Waals surface area contributed by atoms with Crippen LogP contribution in [0.3, 0.4) is 0 Å². The Balaban J connectivity index is 1.60. The number of methoxy groups -OCH3 is 1. The molecular formula is C26H21NO8S. The maximum atomic E-state index is 13.6. The summed E-state index contributed by atoms with van der Waals surface area (Å²) in [6.07, 6.45) is 0. The number of hydrogen-bond acceptors (Lipinski definition) is 8. The van der Waals surface area contributed by atoms with Crippen molar-refractivity contribution in [2.24, 2.45) is 0 Å². The number of amides is 1. The molecule has 2 aliphatic rings. The zero-order valence-electron chi connectivity index (χ0n) is 19.1. The number of benzene rings is 3.